The molecule has 1 saturated heterocycles. The Balaban J connectivity index is 1.89. The van der Waals surface area contributed by atoms with Gasteiger partial charge in [-0.25, -0.2) is 0 Å². The third-order valence-electron chi connectivity index (χ3n) is 5.39. The molecule has 2 heterocycles. The molecule has 1 aliphatic heterocycles. The first-order valence-corrected chi connectivity index (χ1v) is 10.2. The molecular formula is C25H22N2O6. The van der Waals surface area contributed by atoms with E-state index in [9.17, 15) is 19.5 Å². The molecule has 1 aromatic heterocycles. The van der Waals surface area contributed by atoms with Crippen LogP contribution in [0.2, 0.25) is 0 Å². The monoisotopic (exact) mass is 446 g/mol. The predicted octanol–water partition coefficient (Wildman–Crippen LogP) is 4.18. The van der Waals surface area contributed by atoms with Crippen molar-refractivity contribution < 1.29 is 28.6 Å². The summed E-state index contributed by atoms with van der Waals surface area (Å²) in [5, 5.41) is 13.9. The number of methoxy groups -OCH3 is 1. The molecule has 1 unspecified atom stereocenters. The number of Topliss-reactive ketones (excluding diaryl/α,β-unsaturated/α-hetero) is 1. The lowest BCUT2D eigenvalue weighted by Crippen LogP contribution is -2.29. The number of aryl methyl sites for hydroxylation is 1. The van der Waals surface area contributed by atoms with Gasteiger partial charge in [-0.1, -0.05) is 6.07 Å². The number of ketones is 1. The van der Waals surface area contributed by atoms with Crippen molar-refractivity contribution in [1.82, 2.24) is 0 Å². The molecule has 2 amide bonds. The number of hydrogen-bond donors (Lipinski definition) is 2. The van der Waals surface area contributed by atoms with Crippen LogP contribution in [-0.2, 0) is 14.4 Å². The van der Waals surface area contributed by atoms with Gasteiger partial charge in [-0.3, -0.25) is 19.3 Å². The van der Waals surface area contributed by atoms with E-state index in [0.717, 1.165) is 0 Å². The normalized spacial score (nSPS) is 17.3. The molecule has 1 aliphatic rings. The molecule has 0 radical (unpaired) electrons. The Morgan fingerprint density at radius 2 is 1.91 bits per heavy atom. The molecule has 0 aliphatic carbocycles. The van der Waals surface area contributed by atoms with Gasteiger partial charge in [-0.05, 0) is 61.0 Å². The summed E-state index contributed by atoms with van der Waals surface area (Å²) in [6.45, 7) is 3.14. The molecule has 3 aromatic rings. The highest BCUT2D eigenvalue weighted by molar-refractivity contribution is 6.51. The van der Waals surface area contributed by atoms with Crippen LogP contribution in [-0.4, -0.2) is 29.8 Å². The second-order valence-corrected chi connectivity index (χ2v) is 7.60. The molecule has 0 saturated carbocycles. The molecular weight excluding hydrogens is 424 g/mol. The highest BCUT2D eigenvalue weighted by Gasteiger charge is 2.48. The first-order chi connectivity index (χ1) is 15.8. The Morgan fingerprint density at radius 1 is 1.12 bits per heavy atom. The van der Waals surface area contributed by atoms with E-state index < -0.39 is 17.7 Å². The number of carbonyl (C=O) groups is 3. The zero-order valence-corrected chi connectivity index (χ0v) is 18.3. The summed E-state index contributed by atoms with van der Waals surface area (Å²) >= 11 is 0. The maximum atomic E-state index is 13.2. The largest absolute Gasteiger partial charge is 0.507 e. The summed E-state index contributed by atoms with van der Waals surface area (Å²) in [4.78, 5) is 39.1. The van der Waals surface area contributed by atoms with Crippen LogP contribution in [0.5, 0.6) is 5.75 Å². The second-order valence-electron chi connectivity index (χ2n) is 7.60. The van der Waals surface area contributed by atoms with Crippen molar-refractivity contribution in [1.29, 1.82) is 0 Å². The van der Waals surface area contributed by atoms with Gasteiger partial charge in [-0.2, -0.15) is 0 Å². The maximum absolute atomic E-state index is 13.2. The number of aliphatic hydroxyl groups excluding tert-OH is 1. The molecule has 8 nitrogen and oxygen atoms in total. The van der Waals surface area contributed by atoms with Gasteiger partial charge in [0.25, 0.3) is 11.7 Å². The highest BCUT2D eigenvalue weighted by Crippen LogP contribution is 2.43. The van der Waals surface area contributed by atoms with Crippen LogP contribution in [0, 0.1) is 6.92 Å². The number of rotatable bonds is 5. The number of nitrogens with zero attached hydrogens (tertiary/aromatic N) is 1. The number of nitrogens with one attached hydrogen (secondary N) is 1. The number of furan rings is 1. The van der Waals surface area contributed by atoms with Crippen LogP contribution in [0.1, 0.15) is 29.9 Å². The number of benzene rings is 2. The maximum Gasteiger partial charge on any atom is 0.300 e. The van der Waals surface area contributed by atoms with E-state index in [-0.39, 0.29) is 17.2 Å². The van der Waals surface area contributed by atoms with Crippen LogP contribution in [0.4, 0.5) is 11.4 Å². The Labute approximate surface area is 190 Å². The van der Waals surface area contributed by atoms with Gasteiger partial charge < -0.3 is 19.6 Å². The first-order valence-electron chi connectivity index (χ1n) is 10.2. The van der Waals surface area contributed by atoms with Gasteiger partial charge >= 0.3 is 0 Å². The third-order valence-corrected chi connectivity index (χ3v) is 5.39. The Hall–Kier alpha value is -4.33. The molecule has 8 heteroatoms. The van der Waals surface area contributed by atoms with Crippen molar-refractivity contribution in [3.8, 4) is 5.75 Å². The Bertz CT molecular complexity index is 1280. The third kappa shape index (κ3) is 3.98. The average molecular weight is 446 g/mol. The van der Waals surface area contributed by atoms with E-state index in [0.29, 0.717) is 34.0 Å². The summed E-state index contributed by atoms with van der Waals surface area (Å²) in [5.74, 6) is -1.32. The van der Waals surface area contributed by atoms with Crippen molar-refractivity contribution in [3.63, 3.8) is 0 Å². The summed E-state index contributed by atoms with van der Waals surface area (Å²) in [6.07, 6.45) is 1.43. The van der Waals surface area contributed by atoms with E-state index in [4.69, 9.17) is 9.15 Å². The van der Waals surface area contributed by atoms with Crippen LogP contribution in [0.3, 0.4) is 0 Å². The van der Waals surface area contributed by atoms with Gasteiger partial charge in [0.1, 0.15) is 23.3 Å². The minimum absolute atomic E-state index is 0.0897. The van der Waals surface area contributed by atoms with Gasteiger partial charge in [-0.15, -0.1) is 0 Å². The fourth-order valence-corrected chi connectivity index (χ4v) is 3.93. The molecule has 0 spiro atoms. The van der Waals surface area contributed by atoms with Crippen molar-refractivity contribution >= 4 is 34.7 Å². The molecule has 2 aromatic carbocycles. The van der Waals surface area contributed by atoms with E-state index >= 15 is 0 Å². The number of hydrogen-bond acceptors (Lipinski definition) is 6. The van der Waals surface area contributed by atoms with E-state index in [2.05, 4.69) is 5.32 Å². The Morgan fingerprint density at radius 3 is 2.55 bits per heavy atom. The number of ether oxygens (including phenoxy) is 1. The van der Waals surface area contributed by atoms with Gasteiger partial charge in [0.05, 0.1) is 18.9 Å². The zero-order chi connectivity index (χ0) is 23.7. The van der Waals surface area contributed by atoms with E-state index in [1.165, 1.54) is 25.2 Å². The quantitative estimate of drug-likeness (QED) is 0.346. The van der Waals surface area contributed by atoms with Gasteiger partial charge in [0, 0.05) is 23.9 Å². The number of anilines is 2. The topological polar surface area (TPSA) is 109 Å². The zero-order valence-electron chi connectivity index (χ0n) is 18.3. The fraction of sp³-hybridized carbons (Fsp3) is 0.160. The molecule has 33 heavy (non-hydrogen) atoms. The van der Waals surface area contributed by atoms with Crippen molar-refractivity contribution in [3.05, 3.63) is 83.3 Å². The SMILES string of the molecule is COc1ccc(/C(O)=C2/C(=O)C(=O)N(c3cccc(NC(C)=O)c3)C2c2ccco2)c(C)c1. The summed E-state index contributed by atoms with van der Waals surface area (Å²) in [7, 11) is 1.53. The van der Waals surface area contributed by atoms with Crippen molar-refractivity contribution in [2.75, 3.05) is 17.3 Å². The number of amides is 2. The van der Waals surface area contributed by atoms with Crippen LogP contribution in [0.25, 0.3) is 5.76 Å². The minimum atomic E-state index is -0.992. The van der Waals surface area contributed by atoms with Gasteiger partial charge in [0.15, 0.2) is 0 Å². The highest BCUT2D eigenvalue weighted by atomic mass is 16.5. The van der Waals surface area contributed by atoms with Crippen molar-refractivity contribution in [2.24, 2.45) is 0 Å². The van der Waals surface area contributed by atoms with Crippen molar-refractivity contribution in [2.45, 2.75) is 19.9 Å². The molecule has 1 atom stereocenters. The standard InChI is InChI=1S/C25H22N2O6/c1-14-12-18(32-3)9-10-19(14)23(29)21-22(20-8-5-11-33-20)27(25(31)24(21)30)17-7-4-6-16(13-17)26-15(2)28/h4-13,22,29H,1-3H3,(H,26,28)/b23-21-. The van der Waals surface area contributed by atoms with Crippen LogP contribution in [0.15, 0.2) is 70.9 Å². The molecule has 4 rings (SSSR count). The smallest absolute Gasteiger partial charge is 0.300 e. The molecule has 2 N–H and O–H groups in total. The predicted molar refractivity (Wildman–Crippen MR) is 122 cm³/mol. The van der Waals surface area contributed by atoms with Gasteiger partial charge in [0.2, 0.25) is 5.91 Å². The van der Waals surface area contributed by atoms with Crippen LogP contribution >= 0.6 is 0 Å². The van der Waals surface area contributed by atoms with E-state index in [1.807, 2.05) is 0 Å². The Kier molecular flexibility index (Phi) is 5.74. The number of aliphatic hydroxyl groups is 1. The lowest BCUT2D eigenvalue weighted by atomic mass is 9.96. The lowest BCUT2D eigenvalue weighted by Gasteiger charge is -2.24. The molecule has 1 fully saturated rings. The first kappa shape index (κ1) is 21.9. The van der Waals surface area contributed by atoms with E-state index in [1.54, 1.807) is 61.5 Å². The second kappa shape index (κ2) is 8.66. The average Bonchev–Trinajstić information content (AvgIpc) is 3.40. The summed E-state index contributed by atoms with van der Waals surface area (Å²) in [5.41, 5.74) is 1.82. The molecule has 168 valence electrons. The summed E-state index contributed by atoms with van der Waals surface area (Å²) < 4.78 is 10.8. The fourth-order valence-electron chi connectivity index (χ4n) is 3.93. The minimum Gasteiger partial charge on any atom is -0.507 e. The number of carbonyl (C=O) groups excluding carboxylic acids is 3. The van der Waals surface area contributed by atoms with Crippen LogP contribution < -0.4 is 15.0 Å². The summed E-state index contributed by atoms with van der Waals surface area (Å²) in [6, 6.07) is 13.9. The lowest BCUT2D eigenvalue weighted by molar-refractivity contribution is -0.132. The molecule has 0 bridgehead atoms.